The zero-order valence-corrected chi connectivity index (χ0v) is 12.3. The fourth-order valence-corrected chi connectivity index (χ4v) is 2.69. The summed E-state index contributed by atoms with van der Waals surface area (Å²) < 4.78 is 6.16. The van der Waals surface area contributed by atoms with Gasteiger partial charge in [-0.1, -0.05) is 33.6 Å². The number of carbonyl (C=O) groups excluding carboxylic acids is 1. The van der Waals surface area contributed by atoms with Gasteiger partial charge in [0.1, 0.15) is 0 Å². The van der Waals surface area contributed by atoms with Gasteiger partial charge in [-0.25, -0.2) is 0 Å². The van der Waals surface area contributed by atoms with Gasteiger partial charge in [0.25, 0.3) is 0 Å². The zero-order valence-electron chi connectivity index (χ0n) is 9.92. The first kappa shape index (κ1) is 13.8. The fourth-order valence-electron chi connectivity index (χ4n) is 1.92. The Balaban J connectivity index is 1.81. The van der Waals surface area contributed by atoms with Crippen LogP contribution in [0.3, 0.4) is 0 Å². The van der Waals surface area contributed by atoms with Crippen molar-refractivity contribution in [1.82, 2.24) is 5.32 Å². The summed E-state index contributed by atoms with van der Waals surface area (Å²) >= 11 is 9.46. The van der Waals surface area contributed by atoms with Crippen LogP contribution in [0.4, 0.5) is 0 Å². The van der Waals surface area contributed by atoms with Crippen LogP contribution in [-0.2, 0) is 16.0 Å². The number of rotatable bonds is 4. The predicted octanol–water partition coefficient (Wildman–Crippen LogP) is 2.94. The Morgan fingerprint density at radius 3 is 3.06 bits per heavy atom. The molecule has 0 aromatic heterocycles. The molecule has 1 amide bonds. The SMILES string of the molecule is O=C(CCc1ccc(Br)cc1Cl)NC1CCOC1. The zero-order chi connectivity index (χ0) is 13.0. The van der Waals surface area contributed by atoms with Gasteiger partial charge in [-0.3, -0.25) is 4.79 Å². The second-order valence-electron chi connectivity index (χ2n) is 4.36. The minimum Gasteiger partial charge on any atom is -0.379 e. The van der Waals surface area contributed by atoms with Gasteiger partial charge in [-0.2, -0.15) is 0 Å². The molecule has 1 fully saturated rings. The third kappa shape index (κ3) is 3.97. The van der Waals surface area contributed by atoms with Gasteiger partial charge >= 0.3 is 0 Å². The molecule has 1 heterocycles. The molecule has 1 N–H and O–H groups in total. The van der Waals surface area contributed by atoms with E-state index in [0.717, 1.165) is 23.1 Å². The highest BCUT2D eigenvalue weighted by atomic mass is 79.9. The predicted molar refractivity (Wildman–Crippen MR) is 74.8 cm³/mol. The number of amides is 1. The molecule has 1 unspecified atom stereocenters. The van der Waals surface area contributed by atoms with Gasteiger partial charge in [0.2, 0.25) is 5.91 Å². The van der Waals surface area contributed by atoms with Gasteiger partial charge in [0.05, 0.1) is 12.6 Å². The maximum Gasteiger partial charge on any atom is 0.220 e. The van der Waals surface area contributed by atoms with E-state index < -0.39 is 0 Å². The topological polar surface area (TPSA) is 38.3 Å². The Morgan fingerprint density at radius 2 is 2.39 bits per heavy atom. The van der Waals surface area contributed by atoms with Crippen LogP contribution in [0.1, 0.15) is 18.4 Å². The summed E-state index contributed by atoms with van der Waals surface area (Å²) in [7, 11) is 0. The molecule has 0 bridgehead atoms. The third-order valence-electron chi connectivity index (χ3n) is 2.93. The molecule has 1 aromatic carbocycles. The van der Waals surface area contributed by atoms with Crippen molar-refractivity contribution in [1.29, 1.82) is 0 Å². The molecule has 0 spiro atoms. The normalized spacial score (nSPS) is 18.9. The average molecular weight is 333 g/mol. The molecule has 0 aliphatic carbocycles. The summed E-state index contributed by atoms with van der Waals surface area (Å²) in [5, 5.41) is 3.66. The fraction of sp³-hybridized carbons (Fsp3) is 0.462. The van der Waals surface area contributed by atoms with Crippen LogP contribution >= 0.6 is 27.5 Å². The van der Waals surface area contributed by atoms with Crippen molar-refractivity contribution in [3.05, 3.63) is 33.3 Å². The van der Waals surface area contributed by atoms with E-state index in [1.807, 2.05) is 18.2 Å². The lowest BCUT2D eigenvalue weighted by molar-refractivity contribution is -0.121. The minimum atomic E-state index is 0.0597. The second-order valence-corrected chi connectivity index (χ2v) is 5.69. The van der Waals surface area contributed by atoms with E-state index in [1.165, 1.54) is 0 Å². The van der Waals surface area contributed by atoms with Gasteiger partial charge < -0.3 is 10.1 Å². The maximum atomic E-state index is 11.7. The van der Waals surface area contributed by atoms with Gasteiger partial charge in [-0.15, -0.1) is 0 Å². The number of aryl methyl sites for hydroxylation is 1. The lowest BCUT2D eigenvalue weighted by Gasteiger charge is -2.10. The Labute approximate surface area is 120 Å². The van der Waals surface area contributed by atoms with Crippen molar-refractivity contribution in [2.45, 2.75) is 25.3 Å². The molecule has 1 saturated heterocycles. The van der Waals surface area contributed by atoms with Crippen molar-refractivity contribution in [3.63, 3.8) is 0 Å². The molecule has 98 valence electrons. The molecule has 18 heavy (non-hydrogen) atoms. The number of hydrogen-bond donors (Lipinski definition) is 1. The number of carbonyl (C=O) groups is 1. The van der Waals surface area contributed by atoms with E-state index in [2.05, 4.69) is 21.2 Å². The number of hydrogen-bond acceptors (Lipinski definition) is 2. The molecule has 1 aliphatic rings. The first-order valence-corrected chi connectivity index (χ1v) is 7.13. The molecular weight excluding hydrogens is 318 g/mol. The van der Waals surface area contributed by atoms with Crippen LogP contribution in [0.15, 0.2) is 22.7 Å². The molecule has 5 heteroatoms. The summed E-state index contributed by atoms with van der Waals surface area (Å²) in [6, 6.07) is 5.90. The van der Waals surface area contributed by atoms with Crippen molar-refractivity contribution < 1.29 is 9.53 Å². The lowest BCUT2D eigenvalue weighted by Crippen LogP contribution is -2.35. The number of benzene rings is 1. The molecule has 2 rings (SSSR count). The van der Waals surface area contributed by atoms with Crippen LogP contribution in [0.5, 0.6) is 0 Å². The van der Waals surface area contributed by atoms with E-state index in [4.69, 9.17) is 16.3 Å². The van der Waals surface area contributed by atoms with Crippen LogP contribution in [0.25, 0.3) is 0 Å². The molecule has 1 aromatic rings. The number of ether oxygens (including phenoxy) is 1. The standard InChI is InChI=1S/C13H15BrClNO2/c14-10-3-1-9(12(15)7-10)2-4-13(17)16-11-5-6-18-8-11/h1,3,7,11H,2,4-6,8H2,(H,16,17). The van der Waals surface area contributed by atoms with Crippen molar-refractivity contribution in [3.8, 4) is 0 Å². The van der Waals surface area contributed by atoms with Crippen molar-refractivity contribution in [2.24, 2.45) is 0 Å². The Bertz CT molecular complexity index is 433. The van der Waals surface area contributed by atoms with E-state index >= 15 is 0 Å². The van der Waals surface area contributed by atoms with E-state index in [1.54, 1.807) is 0 Å². The summed E-state index contributed by atoms with van der Waals surface area (Å²) in [5.41, 5.74) is 0.998. The Kier molecular flexibility index (Phi) is 5.03. The first-order chi connectivity index (χ1) is 8.65. The highest BCUT2D eigenvalue weighted by Gasteiger charge is 2.17. The van der Waals surface area contributed by atoms with Gasteiger partial charge in [0.15, 0.2) is 0 Å². The largest absolute Gasteiger partial charge is 0.379 e. The van der Waals surface area contributed by atoms with Crippen molar-refractivity contribution >= 4 is 33.4 Å². The second kappa shape index (κ2) is 6.55. The van der Waals surface area contributed by atoms with Crippen LogP contribution in [-0.4, -0.2) is 25.2 Å². The third-order valence-corrected chi connectivity index (χ3v) is 3.78. The summed E-state index contributed by atoms with van der Waals surface area (Å²) in [4.78, 5) is 11.7. The number of halogens is 2. The maximum absolute atomic E-state index is 11.7. The highest BCUT2D eigenvalue weighted by molar-refractivity contribution is 9.10. The van der Waals surface area contributed by atoms with Crippen LogP contribution < -0.4 is 5.32 Å². The minimum absolute atomic E-state index is 0.0597. The summed E-state index contributed by atoms with van der Waals surface area (Å²) in [6.45, 7) is 1.37. The van der Waals surface area contributed by atoms with E-state index in [-0.39, 0.29) is 11.9 Å². The van der Waals surface area contributed by atoms with Crippen molar-refractivity contribution in [2.75, 3.05) is 13.2 Å². The molecule has 0 saturated carbocycles. The highest BCUT2D eigenvalue weighted by Crippen LogP contribution is 2.22. The molecular formula is C13H15BrClNO2. The summed E-state index contributed by atoms with van der Waals surface area (Å²) in [6.07, 6.45) is 2.02. The van der Waals surface area contributed by atoms with Crippen LogP contribution in [0.2, 0.25) is 5.02 Å². The van der Waals surface area contributed by atoms with E-state index in [0.29, 0.717) is 24.5 Å². The first-order valence-electron chi connectivity index (χ1n) is 5.96. The lowest BCUT2D eigenvalue weighted by atomic mass is 10.1. The van der Waals surface area contributed by atoms with Crippen LogP contribution in [0, 0.1) is 0 Å². The quantitative estimate of drug-likeness (QED) is 0.920. The van der Waals surface area contributed by atoms with E-state index in [9.17, 15) is 4.79 Å². The molecule has 0 radical (unpaired) electrons. The molecule has 1 aliphatic heterocycles. The monoisotopic (exact) mass is 331 g/mol. The average Bonchev–Trinajstić information content (AvgIpc) is 2.80. The van der Waals surface area contributed by atoms with Gasteiger partial charge in [-0.05, 0) is 30.5 Å². The Morgan fingerprint density at radius 1 is 1.56 bits per heavy atom. The summed E-state index contributed by atoms with van der Waals surface area (Å²) in [5.74, 6) is 0.0597. The Hall–Kier alpha value is -0.580. The smallest absolute Gasteiger partial charge is 0.220 e. The molecule has 3 nitrogen and oxygen atoms in total. The number of nitrogens with one attached hydrogen (secondary N) is 1. The molecule has 1 atom stereocenters. The van der Waals surface area contributed by atoms with Gasteiger partial charge in [0, 0.05) is 22.5 Å².